The van der Waals surface area contributed by atoms with E-state index in [9.17, 15) is 0 Å². The zero-order valence-corrected chi connectivity index (χ0v) is 8.97. The summed E-state index contributed by atoms with van der Waals surface area (Å²) in [5.74, 6) is 0. The topological polar surface area (TPSA) is 32.3 Å². The summed E-state index contributed by atoms with van der Waals surface area (Å²) in [5, 5.41) is 14.5. The second kappa shape index (κ2) is 5.37. The summed E-state index contributed by atoms with van der Waals surface area (Å²) in [7, 11) is 0. The maximum absolute atomic E-state index is 9.01. The molecule has 0 aliphatic heterocycles. The molecule has 0 bridgehead atoms. The van der Waals surface area contributed by atoms with Crippen molar-refractivity contribution >= 4 is 11.3 Å². The molecule has 0 fully saturated rings. The number of rotatable bonds is 5. The molecule has 1 aromatic heterocycles. The fourth-order valence-electron chi connectivity index (χ4n) is 1.27. The first-order valence-electron chi connectivity index (χ1n) is 4.68. The first kappa shape index (κ1) is 10.7. The molecule has 0 unspecified atom stereocenters. The predicted molar refractivity (Wildman–Crippen MR) is 57.0 cm³/mol. The van der Waals surface area contributed by atoms with Crippen molar-refractivity contribution in [1.29, 1.82) is 0 Å². The normalized spacial score (nSPS) is 15.6. The maximum atomic E-state index is 9.01. The number of hydrogen-bond acceptors (Lipinski definition) is 3. The van der Waals surface area contributed by atoms with Gasteiger partial charge in [-0.15, -0.1) is 11.3 Å². The van der Waals surface area contributed by atoms with E-state index in [0.717, 1.165) is 6.42 Å². The first-order chi connectivity index (χ1) is 6.27. The molecule has 1 heterocycles. The summed E-state index contributed by atoms with van der Waals surface area (Å²) in [5.41, 5.74) is 0. The summed E-state index contributed by atoms with van der Waals surface area (Å²) < 4.78 is 0. The third kappa shape index (κ3) is 3.10. The molecule has 0 spiro atoms. The molecule has 0 amide bonds. The van der Waals surface area contributed by atoms with Crippen molar-refractivity contribution in [3.63, 3.8) is 0 Å². The molecule has 0 aromatic carbocycles. The molecule has 0 aliphatic carbocycles. The van der Waals surface area contributed by atoms with Crippen LogP contribution in [0.5, 0.6) is 0 Å². The van der Waals surface area contributed by atoms with Crippen molar-refractivity contribution in [3.05, 3.63) is 22.4 Å². The van der Waals surface area contributed by atoms with Gasteiger partial charge in [0.1, 0.15) is 0 Å². The molecule has 1 rings (SSSR count). The van der Waals surface area contributed by atoms with Crippen molar-refractivity contribution < 1.29 is 5.11 Å². The molecule has 0 saturated carbocycles. The summed E-state index contributed by atoms with van der Waals surface area (Å²) in [6.07, 6.45) is 0.964. The minimum absolute atomic E-state index is 0.214. The van der Waals surface area contributed by atoms with Crippen molar-refractivity contribution in [3.8, 4) is 0 Å². The second-order valence-corrected chi connectivity index (χ2v) is 4.17. The van der Waals surface area contributed by atoms with Gasteiger partial charge < -0.3 is 10.4 Å². The number of nitrogens with one attached hydrogen (secondary N) is 1. The fourth-order valence-corrected chi connectivity index (χ4v) is 2.02. The Balaban J connectivity index is 2.45. The molecular weight excluding hydrogens is 182 g/mol. The van der Waals surface area contributed by atoms with Gasteiger partial charge in [0.05, 0.1) is 6.61 Å². The Morgan fingerprint density at radius 3 is 2.85 bits per heavy atom. The Morgan fingerprint density at radius 2 is 2.38 bits per heavy atom. The maximum Gasteiger partial charge on any atom is 0.0584 e. The van der Waals surface area contributed by atoms with Gasteiger partial charge in [-0.05, 0) is 24.8 Å². The number of aliphatic hydroxyl groups is 1. The van der Waals surface area contributed by atoms with E-state index in [1.165, 1.54) is 4.88 Å². The number of thiophene rings is 1. The molecule has 13 heavy (non-hydrogen) atoms. The van der Waals surface area contributed by atoms with E-state index >= 15 is 0 Å². The quantitative estimate of drug-likeness (QED) is 0.761. The molecular formula is C10H17NOS. The summed E-state index contributed by atoms with van der Waals surface area (Å²) in [6.45, 7) is 4.42. The largest absolute Gasteiger partial charge is 0.395 e. The molecule has 1 aromatic rings. The summed E-state index contributed by atoms with van der Waals surface area (Å²) in [6, 6.07) is 4.74. The molecule has 2 nitrogen and oxygen atoms in total. The van der Waals surface area contributed by atoms with Gasteiger partial charge >= 0.3 is 0 Å². The lowest BCUT2D eigenvalue weighted by Crippen LogP contribution is -2.33. The van der Waals surface area contributed by atoms with Gasteiger partial charge in [-0.2, -0.15) is 0 Å². The van der Waals surface area contributed by atoms with E-state index < -0.39 is 0 Å². The van der Waals surface area contributed by atoms with Crippen LogP contribution >= 0.6 is 11.3 Å². The van der Waals surface area contributed by atoms with Crippen LogP contribution < -0.4 is 5.32 Å². The zero-order valence-electron chi connectivity index (χ0n) is 8.16. The lowest BCUT2D eigenvalue weighted by atomic mass is 10.2. The highest BCUT2D eigenvalue weighted by Crippen LogP contribution is 2.18. The smallest absolute Gasteiger partial charge is 0.0584 e. The van der Waals surface area contributed by atoms with Gasteiger partial charge in [-0.25, -0.2) is 0 Å². The summed E-state index contributed by atoms with van der Waals surface area (Å²) >= 11 is 1.75. The molecule has 2 atom stereocenters. The summed E-state index contributed by atoms with van der Waals surface area (Å²) in [4.78, 5) is 1.33. The van der Waals surface area contributed by atoms with Gasteiger partial charge in [0.2, 0.25) is 0 Å². The van der Waals surface area contributed by atoms with Crippen LogP contribution in [0.3, 0.4) is 0 Å². The lowest BCUT2D eigenvalue weighted by Gasteiger charge is -2.19. The second-order valence-electron chi connectivity index (χ2n) is 3.19. The van der Waals surface area contributed by atoms with Crippen LogP contribution in [0.1, 0.15) is 31.2 Å². The SMILES string of the molecule is CC[C@H](CO)N[C@H](C)c1cccs1. The lowest BCUT2D eigenvalue weighted by molar-refractivity contribution is 0.230. The van der Waals surface area contributed by atoms with E-state index in [1.54, 1.807) is 11.3 Å². The number of aliphatic hydroxyl groups excluding tert-OH is 1. The van der Waals surface area contributed by atoms with Crippen molar-refractivity contribution in [2.75, 3.05) is 6.61 Å². The minimum Gasteiger partial charge on any atom is -0.395 e. The third-order valence-corrected chi connectivity index (χ3v) is 3.22. The van der Waals surface area contributed by atoms with Crippen molar-refractivity contribution in [2.24, 2.45) is 0 Å². The van der Waals surface area contributed by atoms with E-state index in [0.29, 0.717) is 6.04 Å². The van der Waals surface area contributed by atoms with Crippen LogP contribution in [0.25, 0.3) is 0 Å². The average Bonchev–Trinajstić information content (AvgIpc) is 2.66. The van der Waals surface area contributed by atoms with Gasteiger partial charge in [0, 0.05) is 17.0 Å². The fraction of sp³-hybridized carbons (Fsp3) is 0.600. The van der Waals surface area contributed by atoms with Gasteiger partial charge in [0.15, 0.2) is 0 Å². The number of hydrogen-bond donors (Lipinski definition) is 2. The van der Waals surface area contributed by atoms with Gasteiger partial charge in [0.25, 0.3) is 0 Å². The third-order valence-electron chi connectivity index (χ3n) is 2.17. The highest BCUT2D eigenvalue weighted by atomic mass is 32.1. The molecule has 0 radical (unpaired) electrons. The predicted octanol–water partition coefficient (Wildman–Crippen LogP) is 2.17. The van der Waals surface area contributed by atoms with E-state index in [1.807, 2.05) is 0 Å². The van der Waals surface area contributed by atoms with Gasteiger partial charge in [-0.3, -0.25) is 0 Å². The zero-order chi connectivity index (χ0) is 9.68. The Kier molecular flexibility index (Phi) is 4.42. The van der Waals surface area contributed by atoms with Gasteiger partial charge in [-0.1, -0.05) is 13.0 Å². The average molecular weight is 199 g/mol. The van der Waals surface area contributed by atoms with Crippen LogP contribution in [0.2, 0.25) is 0 Å². The van der Waals surface area contributed by atoms with Crippen LogP contribution in [0, 0.1) is 0 Å². The first-order valence-corrected chi connectivity index (χ1v) is 5.56. The van der Waals surface area contributed by atoms with Crippen molar-refractivity contribution in [1.82, 2.24) is 5.32 Å². The van der Waals surface area contributed by atoms with E-state index in [2.05, 4.69) is 36.7 Å². The monoisotopic (exact) mass is 199 g/mol. The molecule has 0 saturated heterocycles. The Hall–Kier alpha value is -0.380. The van der Waals surface area contributed by atoms with Crippen LogP contribution in [-0.2, 0) is 0 Å². The Labute approximate surface area is 83.6 Å². The molecule has 2 N–H and O–H groups in total. The van der Waals surface area contributed by atoms with E-state index in [-0.39, 0.29) is 12.6 Å². The van der Waals surface area contributed by atoms with E-state index in [4.69, 9.17) is 5.11 Å². The molecule has 0 aliphatic rings. The minimum atomic E-state index is 0.214. The molecule has 3 heteroatoms. The Bertz CT molecular complexity index is 219. The molecule has 74 valence electrons. The highest BCUT2D eigenvalue weighted by molar-refractivity contribution is 7.10. The van der Waals surface area contributed by atoms with Crippen LogP contribution in [0.15, 0.2) is 17.5 Å². The van der Waals surface area contributed by atoms with Crippen LogP contribution in [-0.4, -0.2) is 17.8 Å². The van der Waals surface area contributed by atoms with Crippen LogP contribution in [0.4, 0.5) is 0 Å². The Morgan fingerprint density at radius 1 is 1.62 bits per heavy atom. The standard InChI is InChI=1S/C10H17NOS/c1-3-9(7-12)11-8(2)10-5-4-6-13-10/h4-6,8-9,11-12H,3,7H2,1-2H3/t8-,9-/m1/s1. The highest BCUT2D eigenvalue weighted by Gasteiger charge is 2.10. The van der Waals surface area contributed by atoms with Crippen molar-refractivity contribution in [2.45, 2.75) is 32.4 Å².